The van der Waals surface area contributed by atoms with Gasteiger partial charge in [-0.3, -0.25) is 0 Å². The minimum atomic E-state index is -0.885. The summed E-state index contributed by atoms with van der Waals surface area (Å²) in [5, 5.41) is 21.9. The third kappa shape index (κ3) is 1.10. The molecule has 0 spiro atoms. The van der Waals surface area contributed by atoms with Crippen molar-refractivity contribution in [2.45, 2.75) is 39.2 Å². The van der Waals surface area contributed by atoms with Crippen LogP contribution in [0.15, 0.2) is 5.16 Å². The van der Waals surface area contributed by atoms with Crippen molar-refractivity contribution >= 4 is 5.71 Å². The van der Waals surface area contributed by atoms with Crippen LogP contribution in [-0.2, 0) is 0 Å². The molecule has 0 aromatic heterocycles. The predicted molar refractivity (Wildman–Crippen MR) is 49.8 cm³/mol. The quantitative estimate of drug-likeness (QED) is 0.443. The van der Waals surface area contributed by atoms with Crippen LogP contribution in [0.25, 0.3) is 0 Å². The predicted octanol–water partition coefficient (Wildman–Crippen LogP) is 1.63. The molecule has 0 bridgehead atoms. The molecular weight excluding hydrogens is 166 g/mol. The fourth-order valence-electron chi connectivity index (χ4n) is 2.79. The maximum Gasteiger partial charge on any atom is 0.103 e. The Morgan fingerprint density at radius 1 is 1.31 bits per heavy atom. The first-order chi connectivity index (χ1) is 5.89. The molecule has 13 heavy (non-hydrogen) atoms. The molecule has 3 nitrogen and oxygen atoms in total. The highest BCUT2D eigenvalue weighted by atomic mass is 16.4. The van der Waals surface area contributed by atoms with Gasteiger partial charge in [0, 0.05) is 0 Å². The Labute approximate surface area is 78.4 Å². The van der Waals surface area contributed by atoms with Crippen molar-refractivity contribution in [3.05, 3.63) is 0 Å². The Morgan fingerprint density at radius 2 is 1.92 bits per heavy atom. The van der Waals surface area contributed by atoms with E-state index >= 15 is 0 Å². The number of hydrogen-bond acceptors (Lipinski definition) is 3. The average molecular weight is 183 g/mol. The smallest absolute Gasteiger partial charge is 0.103 e. The molecule has 2 rings (SSSR count). The maximum atomic E-state index is 9.97. The van der Waals surface area contributed by atoms with E-state index in [0.717, 1.165) is 12.8 Å². The second-order valence-electron chi connectivity index (χ2n) is 5.26. The molecule has 2 fully saturated rings. The van der Waals surface area contributed by atoms with Gasteiger partial charge in [-0.1, -0.05) is 19.0 Å². The minimum absolute atomic E-state index is 0.330. The third-order valence-electron chi connectivity index (χ3n) is 4.06. The van der Waals surface area contributed by atoms with E-state index in [1.54, 1.807) is 6.92 Å². The summed E-state index contributed by atoms with van der Waals surface area (Å²) in [6.07, 6.45) is 1.49. The van der Waals surface area contributed by atoms with Crippen molar-refractivity contribution in [3.8, 4) is 0 Å². The molecule has 3 atom stereocenters. The third-order valence-corrected chi connectivity index (χ3v) is 4.06. The summed E-state index contributed by atoms with van der Waals surface area (Å²) in [5.74, 6) is 1.21. The molecular formula is C10H17NO2. The zero-order chi connectivity index (χ0) is 9.85. The Morgan fingerprint density at radius 3 is 2.46 bits per heavy atom. The molecule has 0 saturated heterocycles. The number of hydrogen-bond donors (Lipinski definition) is 2. The monoisotopic (exact) mass is 183 g/mol. The highest BCUT2D eigenvalue weighted by molar-refractivity contribution is 5.93. The molecule has 2 saturated carbocycles. The van der Waals surface area contributed by atoms with E-state index in [1.807, 2.05) is 0 Å². The normalized spacial score (nSPS) is 50.3. The molecule has 0 unspecified atom stereocenters. The fourth-order valence-corrected chi connectivity index (χ4v) is 2.79. The molecule has 2 aliphatic carbocycles. The van der Waals surface area contributed by atoms with Crippen molar-refractivity contribution < 1.29 is 10.3 Å². The highest BCUT2D eigenvalue weighted by Gasteiger charge is 2.63. The lowest BCUT2D eigenvalue weighted by Crippen LogP contribution is -2.39. The van der Waals surface area contributed by atoms with Crippen LogP contribution in [0.1, 0.15) is 33.6 Å². The Bertz CT molecular complexity index is 268. The van der Waals surface area contributed by atoms with Gasteiger partial charge in [0.25, 0.3) is 0 Å². The average Bonchev–Trinajstić information content (AvgIpc) is 2.50. The van der Waals surface area contributed by atoms with Crippen LogP contribution in [0, 0.1) is 17.3 Å². The standard InChI is InChI=1S/C10H17NO2/c1-9(2)6-4-8(11-13)10(3,12)5-7(6)9/h6-7,12-13H,4-5H2,1-3H3/b11-8+/t6-,7-,10-/m0/s1. The molecule has 0 aromatic carbocycles. The van der Waals surface area contributed by atoms with Gasteiger partial charge < -0.3 is 10.3 Å². The molecule has 74 valence electrons. The second-order valence-corrected chi connectivity index (χ2v) is 5.26. The van der Waals surface area contributed by atoms with Crippen molar-refractivity contribution in [1.82, 2.24) is 0 Å². The van der Waals surface area contributed by atoms with Crippen LogP contribution >= 0.6 is 0 Å². The lowest BCUT2D eigenvalue weighted by atomic mass is 9.85. The van der Waals surface area contributed by atoms with Crippen LogP contribution in [0.2, 0.25) is 0 Å². The molecule has 0 aromatic rings. The molecule has 3 heteroatoms. The number of aliphatic hydroxyl groups is 1. The molecule has 0 heterocycles. The van der Waals surface area contributed by atoms with Crippen LogP contribution < -0.4 is 0 Å². The van der Waals surface area contributed by atoms with Gasteiger partial charge in [0.2, 0.25) is 0 Å². The van der Waals surface area contributed by atoms with Gasteiger partial charge in [0.05, 0.1) is 5.71 Å². The largest absolute Gasteiger partial charge is 0.411 e. The summed E-state index contributed by atoms with van der Waals surface area (Å²) >= 11 is 0. The zero-order valence-electron chi connectivity index (χ0n) is 8.41. The van der Waals surface area contributed by atoms with Gasteiger partial charge in [0.15, 0.2) is 0 Å². The summed E-state index contributed by atoms with van der Waals surface area (Å²) in [5.41, 5.74) is -0.000509. The summed E-state index contributed by atoms with van der Waals surface area (Å²) in [4.78, 5) is 0. The topological polar surface area (TPSA) is 52.8 Å². The van der Waals surface area contributed by atoms with E-state index in [1.165, 1.54) is 0 Å². The van der Waals surface area contributed by atoms with Gasteiger partial charge in [-0.15, -0.1) is 0 Å². The first-order valence-electron chi connectivity index (χ1n) is 4.83. The lowest BCUT2D eigenvalue weighted by Gasteiger charge is -2.27. The van der Waals surface area contributed by atoms with Gasteiger partial charge in [-0.2, -0.15) is 0 Å². The van der Waals surface area contributed by atoms with Crippen LogP contribution in [0.3, 0.4) is 0 Å². The highest BCUT2D eigenvalue weighted by Crippen LogP contribution is 2.65. The Hall–Kier alpha value is -0.570. The number of fused-ring (bicyclic) bond motifs is 1. The molecule has 0 amide bonds. The summed E-state index contributed by atoms with van der Waals surface area (Å²) in [6.45, 7) is 6.18. The molecule has 0 aliphatic heterocycles. The van der Waals surface area contributed by atoms with E-state index in [-0.39, 0.29) is 0 Å². The van der Waals surface area contributed by atoms with Crippen molar-refractivity contribution in [3.63, 3.8) is 0 Å². The van der Waals surface area contributed by atoms with E-state index < -0.39 is 5.60 Å². The van der Waals surface area contributed by atoms with Crippen molar-refractivity contribution in [1.29, 1.82) is 0 Å². The molecule has 0 radical (unpaired) electrons. The number of oxime groups is 1. The van der Waals surface area contributed by atoms with Gasteiger partial charge in [0.1, 0.15) is 5.60 Å². The van der Waals surface area contributed by atoms with E-state index in [4.69, 9.17) is 5.21 Å². The number of rotatable bonds is 0. The van der Waals surface area contributed by atoms with Gasteiger partial charge in [-0.25, -0.2) is 0 Å². The summed E-state index contributed by atoms with van der Waals surface area (Å²) in [6, 6.07) is 0. The molecule has 2 aliphatic rings. The fraction of sp³-hybridized carbons (Fsp3) is 0.900. The van der Waals surface area contributed by atoms with Crippen LogP contribution in [-0.4, -0.2) is 21.6 Å². The van der Waals surface area contributed by atoms with Crippen molar-refractivity contribution in [2.75, 3.05) is 0 Å². The van der Waals surface area contributed by atoms with Crippen LogP contribution in [0.4, 0.5) is 0 Å². The first kappa shape index (κ1) is 9.00. The summed E-state index contributed by atoms with van der Waals surface area (Å²) < 4.78 is 0. The van der Waals surface area contributed by atoms with E-state index in [0.29, 0.717) is 23.0 Å². The van der Waals surface area contributed by atoms with Gasteiger partial charge in [-0.05, 0) is 37.0 Å². The minimum Gasteiger partial charge on any atom is -0.411 e. The van der Waals surface area contributed by atoms with Crippen molar-refractivity contribution in [2.24, 2.45) is 22.4 Å². The van der Waals surface area contributed by atoms with Crippen LogP contribution in [0.5, 0.6) is 0 Å². The lowest BCUT2D eigenvalue weighted by molar-refractivity contribution is 0.0971. The Balaban J connectivity index is 2.22. The maximum absolute atomic E-state index is 9.97. The summed E-state index contributed by atoms with van der Waals surface area (Å²) in [7, 11) is 0. The van der Waals surface area contributed by atoms with E-state index in [9.17, 15) is 5.11 Å². The number of nitrogens with zero attached hydrogens (tertiary/aromatic N) is 1. The molecule has 2 N–H and O–H groups in total. The van der Waals surface area contributed by atoms with Gasteiger partial charge >= 0.3 is 0 Å². The Kier molecular flexibility index (Phi) is 1.57. The zero-order valence-corrected chi connectivity index (χ0v) is 8.41. The second kappa shape index (κ2) is 2.27. The van der Waals surface area contributed by atoms with E-state index in [2.05, 4.69) is 19.0 Å². The first-order valence-corrected chi connectivity index (χ1v) is 4.83. The SMILES string of the molecule is CC1(C)[C@H]2C/C(=N\O)[C@@](C)(O)C[C@@H]21.